The molecule has 0 saturated carbocycles. The molecule has 2 heterocycles. The Morgan fingerprint density at radius 1 is 1.35 bits per heavy atom. The molecule has 0 N–H and O–H groups in total. The second-order valence-electron chi connectivity index (χ2n) is 4.74. The van der Waals surface area contributed by atoms with Gasteiger partial charge in [-0.15, -0.1) is 0 Å². The number of piperidine rings is 1. The molecule has 0 aromatic heterocycles. The highest BCUT2D eigenvalue weighted by atomic mass is 16.2. The number of nitrogens with zero attached hydrogens (tertiary/aromatic N) is 2. The number of carbonyl (C=O) groups excluding carboxylic acids is 3. The van der Waals surface area contributed by atoms with Gasteiger partial charge in [0.25, 0.3) is 0 Å². The zero-order chi connectivity index (χ0) is 12.6. The van der Waals surface area contributed by atoms with Crippen molar-refractivity contribution in [3.05, 3.63) is 12.7 Å². The molecule has 2 aliphatic rings. The highest BCUT2D eigenvalue weighted by molar-refractivity contribution is 6.05. The first-order valence-corrected chi connectivity index (χ1v) is 5.72. The van der Waals surface area contributed by atoms with Crippen molar-refractivity contribution in [2.75, 3.05) is 20.1 Å². The van der Waals surface area contributed by atoms with Crippen LogP contribution in [0.15, 0.2) is 12.7 Å². The third-order valence-corrected chi connectivity index (χ3v) is 3.83. The highest BCUT2D eigenvalue weighted by Crippen LogP contribution is 2.41. The number of amides is 3. The first-order chi connectivity index (χ1) is 8.00. The van der Waals surface area contributed by atoms with Crippen LogP contribution in [0.1, 0.15) is 19.3 Å². The van der Waals surface area contributed by atoms with Crippen LogP contribution in [0.5, 0.6) is 0 Å². The summed E-state index contributed by atoms with van der Waals surface area (Å²) in [4.78, 5) is 37.9. The number of hydrogen-bond acceptors (Lipinski definition) is 3. The van der Waals surface area contributed by atoms with Gasteiger partial charge in [-0.25, -0.2) is 0 Å². The van der Waals surface area contributed by atoms with Gasteiger partial charge in [0.2, 0.25) is 17.7 Å². The summed E-state index contributed by atoms with van der Waals surface area (Å²) in [6.45, 7) is 4.49. The van der Waals surface area contributed by atoms with E-state index in [0.29, 0.717) is 32.4 Å². The van der Waals surface area contributed by atoms with Crippen molar-refractivity contribution in [1.29, 1.82) is 0 Å². The molecule has 0 unspecified atom stereocenters. The van der Waals surface area contributed by atoms with Gasteiger partial charge in [0.1, 0.15) is 0 Å². The number of rotatable bonds is 1. The maximum absolute atomic E-state index is 12.0. The van der Waals surface area contributed by atoms with E-state index in [0.717, 1.165) is 0 Å². The van der Waals surface area contributed by atoms with Crippen molar-refractivity contribution in [2.45, 2.75) is 19.3 Å². The van der Waals surface area contributed by atoms with Crippen molar-refractivity contribution in [3.63, 3.8) is 0 Å². The van der Waals surface area contributed by atoms with Crippen molar-refractivity contribution in [2.24, 2.45) is 5.41 Å². The Kier molecular flexibility index (Phi) is 2.77. The van der Waals surface area contributed by atoms with E-state index in [9.17, 15) is 14.4 Å². The minimum absolute atomic E-state index is 0.0896. The van der Waals surface area contributed by atoms with Gasteiger partial charge >= 0.3 is 0 Å². The summed E-state index contributed by atoms with van der Waals surface area (Å²) in [7, 11) is 1.53. The predicted octanol–water partition coefficient (Wildman–Crippen LogP) is 0.170. The lowest BCUT2D eigenvalue weighted by atomic mass is 9.77. The standard InChI is InChI=1S/C12H16N2O3/c1-3-9(15)14-6-4-12(5-7-14)8-10(16)13(2)11(12)17/h3H,1,4-8H2,2H3. The second-order valence-corrected chi connectivity index (χ2v) is 4.74. The Hall–Kier alpha value is -1.65. The average molecular weight is 236 g/mol. The van der Waals surface area contributed by atoms with Gasteiger partial charge in [-0.1, -0.05) is 6.58 Å². The monoisotopic (exact) mass is 236 g/mol. The van der Waals surface area contributed by atoms with Gasteiger partial charge in [0.15, 0.2) is 0 Å². The normalized spacial score (nSPS) is 23.4. The largest absolute Gasteiger partial charge is 0.339 e. The van der Waals surface area contributed by atoms with Crippen LogP contribution in [-0.4, -0.2) is 47.7 Å². The van der Waals surface area contributed by atoms with Crippen LogP contribution in [0.2, 0.25) is 0 Å². The molecule has 0 aliphatic carbocycles. The summed E-state index contributed by atoms with van der Waals surface area (Å²) in [5.41, 5.74) is -0.552. The molecule has 0 radical (unpaired) electrons. The topological polar surface area (TPSA) is 57.7 Å². The second kappa shape index (κ2) is 3.98. The van der Waals surface area contributed by atoms with Crippen molar-refractivity contribution >= 4 is 17.7 Å². The molecule has 2 aliphatic heterocycles. The quantitative estimate of drug-likeness (QED) is 0.481. The zero-order valence-electron chi connectivity index (χ0n) is 9.94. The molecule has 5 heteroatoms. The fourth-order valence-electron chi connectivity index (χ4n) is 2.63. The average Bonchev–Trinajstić information content (AvgIpc) is 2.55. The first kappa shape index (κ1) is 11.8. The highest BCUT2D eigenvalue weighted by Gasteiger charge is 2.51. The number of hydrogen-bond donors (Lipinski definition) is 0. The Balaban J connectivity index is 2.08. The summed E-state index contributed by atoms with van der Waals surface area (Å²) >= 11 is 0. The lowest BCUT2D eigenvalue weighted by molar-refractivity contribution is -0.142. The first-order valence-electron chi connectivity index (χ1n) is 5.72. The number of carbonyl (C=O) groups is 3. The molecule has 0 aromatic carbocycles. The van der Waals surface area contributed by atoms with E-state index in [2.05, 4.69) is 6.58 Å². The van der Waals surface area contributed by atoms with E-state index in [1.807, 2.05) is 0 Å². The lowest BCUT2D eigenvalue weighted by Crippen LogP contribution is -2.45. The van der Waals surface area contributed by atoms with Gasteiger partial charge < -0.3 is 4.90 Å². The van der Waals surface area contributed by atoms with Crippen LogP contribution < -0.4 is 0 Å². The maximum Gasteiger partial charge on any atom is 0.245 e. The van der Waals surface area contributed by atoms with Crippen molar-refractivity contribution < 1.29 is 14.4 Å². The van der Waals surface area contributed by atoms with E-state index >= 15 is 0 Å². The fourth-order valence-corrected chi connectivity index (χ4v) is 2.63. The van der Waals surface area contributed by atoms with Crippen LogP contribution in [-0.2, 0) is 14.4 Å². The van der Waals surface area contributed by atoms with Crippen LogP contribution in [0.3, 0.4) is 0 Å². The van der Waals surface area contributed by atoms with Gasteiger partial charge in [-0.05, 0) is 18.9 Å². The Morgan fingerprint density at radius 2 is 1.94 bits per heavy atom. The molecule has 2 fully saturated rings. The molecule has 17 heavy (non-hydrogen) atoms. The van der Waals surface area contributed by atoms with Gasteiger partial charge in [0.05, 0.1) is 5.41 Å². The molecule has 92 valence electrons. The maximum atomic E-state index is 12.0. The molecule has 1 spiro atoms. The summed E-state index contributed by atoms with van der Waals surface area (Å²) in [5.74, 6) is -0.309. The summed E-state index contributed by atoms with van der Waals surface area (Å²) < 4.78 is 0. The van der Waals surface area contributed by atoms with Gasteiger partial charge in [-0.3, -0.25) is 19.3 Å². The molecule has 5 nitrogen and oxygen atoms in total. The van der Waals surface area contributed by atoms with Gasteiger partial charge in [-0.2, -0.15) is 0 Å². The molecule has 0 bridgehead atoms. The third kappa shape index (κ3) is 1.75. The predicted molar refractivity (Wildman–Crippen MR) is 60.8 cm³/mol. The van der Waals surface area contributed by atoms with E-state index < -0.39 is 5.41 Å². The summed E-state index contributed by atoms with van der Waals surface area (Å²) in [6, 6.07) is 0. The minimum Gasteiger partial charge on any atom is -0.339 e. The van der Waals surface area contributed by atoms with E-state index in [1.54, 1.807) is 4.90 Å². The van der Waals surface area contributed by atoms with Crippen molar-refractivity contribution in [3.8, 4) is 0 Å². The molecule has 2 rings (SSSR count). The van der Waals surface area contributed by atoms with Crippen LogP contribution in [0.25, 0.3) is 0 Å². The van der Waals surface area contributed by atoms with Crippen LogP contribution in [0.4, 0.5) is 0 Å². The Bertz CT molecular complexity index is 395. The van der Waals surface area contributed by atoms with E-state index in [4.69, 9.17) is 0 Å². The number of imide groups is 1. The summed E-state index contributed by atoms with van der Waals surface area (Å²) in [6.07, 6.45) is 2.72. The van der Waals surface area contributed by atoms with Crippen LogP contribution >= 0.6 is 0 Å². The number of likely N-dealkylation sites (tertiary alicyclic amines) is 2. The van der Waals surface area contributed by atoms with Crippen LogP contribution in [0, 0.1) is 5.41 Å². The zero-order valence-corrected chi connectivity index (χ0v) is 9.94. The summed E-state index contributed by atoms with van der Waals surface area (Å²) in [5, 5.41) is 0. The molecule has 2 saturated heterocycles. The SMILES string of the molecule is C=CC(=O)N1CCC2(CC1)CC(=O)N(C)C2=O. The molecule has 3 amide bonds. The fraction of sp³-hybridized carbons (Fsp3) is 0.583. The third-order valence-electron chi connectivity index (χ3n) is 3.83. The van der Waals surface area contributed by atoms with E-state index in [-0.39, 0.29) is 17.7 Å². The molecule has 0 atom stereocenters. The molecular formula is C12H16N2O3. The van der Waals surface area contributed by atoms with Gasteiger partial charge in [0, 0.05) is 26.6 Å². The Labute approximate surface area is 100 Å². The smallest absolute Gasteiger partial charge is 0.245 e. The molecule has 0 aromatic rings. The minimum atomic E-state index is -0.552. The van der Waals surface area contributed by atoms with E-state index in [1.165, 1.54) is 18.0 Å². The lowest BCUT2D eigenvalue weighted by Gasteiger charge is -2.36. The van der Waals surface area contributed by atoms with Crippen molar-refractivity contribution in [1.82, 2.24) is 9.80 Å². The molecular weight excluding hydrogens is 220 g/mol. The Morgan fingerprint density at radius 3 is 2.35 bits per heavy atom.